The Labute approximate surface area is 178 Å². The number of pyridine rings is 1. The van der Waals surface area contributed by atoms with Gasteiger partial charge in [0.2, 0.25) is 0 Å². The van der Waals surface area contributed by atoms with E-state index >= 15 is 0 Å². The number of halogens is 5. The predicted molar refractivity (Wildman–Crippen MR) is 107 cm³/mol. The van der Waals surface area contributed by atoms with Gasteiger partial charge in [0.1, 0.15) is 5.02 Å². The van der Waals surface area contributed by atoms with Crippen LogP contribution >= 0.6 is 23.2 Å². The molecule has 0 saturated heterocycles. The van der Waals surface area contributed by atoms with Crippen molar-refractivity contribution in [3.63, 3.8) is 0 Å². The second-order valence-corrected chi connectivity index (χ2v) is 7.40. The van der Waals surface area contributed by atoms with Crippen LogP contribution < -0.4 is 10.9 Å². The molecule has 158 valence electrons. The molecule has 0 fully saturated rings. The van der Waals surface area contributed by atoms with E-state index in [4.69, 9.17) is 23.2 Å². The third-order valence-corrected chi connectivity index (χ3v) is 4.84. The molecule has 2 aromatic heterocycles. The fourth-order valence-electron chi connectivity index (χ4n) is 2.77. The van der Waals surface area contributed by atoms with E-state index in [2.05, 4.69) is 10.4 Å². The summed E-state index contributed by atoms with van der Waals surface area (Å²) in [6, 6.07) is 6.63. The van der Waals surface area contributed by atoms with Crippen LogP contribution in [0.2, 0.25) is 10.0 Å². The van der Waals surface area contributed by atoms with Crippen LogP contribution in [0.4, 0.5) is 13.2 Å². The summed E-state index contributed by atoms with van der Waals surface area (Å²) in [4.78, 5) is 24.4. The minimum atomic E-state index is -4.82. The summed E-state index contributed by atoms with van der Waals surface area (Å²) < 4.78 is 42.9. The highest BCUT2D eigenvalue weighted by molar-refractivity contribution is 6.41. The minimum absolute atomic E-state index is 0.0581. The average molecular weight is 459 g/mol. The van der Waals surface area contributed by atoms with E-state index in [9.17, 15) is 22.8 Å². The van der Waals surface area contributed by atoms with Crippen LogP contribution in [-0.2, 0) is 6.18 Å². The Morgan fingerprint density at radius 3 is 2.27 bits per heavy atom. The minimum Gasteiger partial charge on any atom is -0.350 e. The maximum Gasteiger partial charge on any atom is 0.434 e. The standard InChI is InChI=1S/C19H15Cl2F3N4O2/c1-10(2)26-17(29)13-9-25-28(16(13)19(22,23)24)12-5-3-11(4-6-12)27-8-7-14(20)15(21)18(27)30/h3-10H,1-2H3,(H,26,29). The number of carbonyl (C=O) groups excluding carboxylic acids is 1. The first kappa shape index (κ1) is 21.9. The Morgan fingerprint density at radius 2 is 1.70 bits per heavy atom. The van der Waals surface area contributed by atoms with Crippen molar-refractivity contribution in [2.75, 3.05) is 0 Å². The summed E-state index contributed by atoms with van der Waals surface area (Å²) in [5.41, 5.74) is -1.93. The van der Waals surface area contributed by atoms with E-state index in [0.717, 1.165) is 6.20 Å². The van der Waals surface area contributed by atoms with Gasteiger partial charge in [0.25, 0.3) is 11.5 Å². The molecule has 0 spiro atoms. The zero-order valence-corrected chi connectivity index (χ0v) is 17.2. The van der Waals surface area contributed by atoms with Crippen LogP contribution in [-0.4, -0.2) is 26.3 Å². The van der Waals surface area contributed by atoms with Crippen molar-refractivity contribution in [1.29, 1.82) is 0 Å². The van der Waals surface area contributed by atoms with Gasteiger partial charge in [-0.15, -0.1) is 0 Å². The summed E-state index contributed by atoms with van der Waals surface area (Å²) in [5.74, 6) is -0.873. The van der Waals surface area contributed by atoms with Crippen molar-refractivity contribution in [3.05, 3.63) is 74.4 Å². The van der Waals surface area contributed by atoms with Gasteiger partial charge in [-0.2, -0.15) is 18.3 Å². The molecule has 30 heavy (non-hydrogen) atoms. The fourth-order valence-corrected chi connectivity index (χ4v) is 3.06. The number of amides is 1. The molecule has 1 amide bonds. The number of hydrogen-bond donors (Lipinski definition) is 1. The van der Waals surface area contributed by atoms with Gasteiger partial charge < -0.3 is 5.32 Å². The summed E-state index contributed by atoms with van der Waals surface area (Å²) in [7, 11) is 0. The Morgan fingerprint density at radius 1 is 1.10 bits per heavy atom. The highest BCUT2D eigenvalue weighted by Gasteiger charge is 2.40. The van der Waals surface area contributed by atoms with Crippen LogP contribution in [0.1, 0.15) is 29.9 Å². The fraction of sp³-hybridized carbons (Fsp3) is 0.211. The lowest BCUT2D eigenvalue weighted by molar-refractivity contribution is -0.143. The predicted octanol–water partition coefficient (Wildman–Crippen LogP) is 4.49. The van der Waals surface area contributed by atoms with Gasteiger partial charge in [0.05, 0.1) is 22.5 Å². The molecular weight excluding hydrogens is 444 g/mol. The largest absolute Gasteiger partial charge is 0.434 e. The lowest BCUT2D eigenvalue weighted by Gasteiger charge is -2.14. The second kappa shape index (κ2) is 8.16. The topological polar surface area (TPSA) is 68.9 Å². The number of benzene rings is 1. The van der Waals surface area contributed by atoms with Crippen LogP contribution in [0.25, 0.3) is 11.4 Å². The number of alkyl halides is 3. The molecule has 0 aliphatic carbocycles. The molecule has 0 aliphatic rings. The molecule has 0 saturated carbocycles. The van der Waals surface area contributed by atoms with Crippen LogP contribution in [0.15, 0.2) is 47.5 Å². The van der Waals surface area contributed by atoms with Gasteiger partial charge in [0, 0.05) is 17.9 Å². The van der Waals surface area contributed by atoms with Gasteiger partial charge in [-0.3, -0.25) is 14.2 Å². The van der Waals surface area contributed by atoms with E-state index in [1.807, 2.05) is 0 Å². The molecule has 11 heteroatoms. The van der Waals surface area contributed by atoms with E-state index in [1.165, 1.54) is 41.1 Å². The molecule has 0 bridgehead atoms. The number of nitrogens with one attached hydrogen (secondary N) is 1. The summed E-state index contributed by atoms with van der Waals surface area (Å²) >= 11 is 11.7. The molecule has 1 aromatic carbocycles. The quantitative estimate of drug-likeness (QED) is 0.626. The van der Waals surface area contributed by atoms with Crippen LogP contribution in [0.3, 0.4) is 0 Å². The molecule has 0 aliphatic heterocycles. The van der Waals surface area contributed by atoms with E-state index in [-0.39, 0.29) is 21.8 Å². The first-order valence-electron chi connectivity index (χ1n) is 8.64. The van der Waals surface area contributed by atoms with Gasteiger partial charge in [0.15, 0.2) is 5.69 Å². The van der Waals surface area contributed by atoms with Gasteiger partial charge in [-0.05, 0) is 44.2 Å². The van der Waals surface area contributed by atoms with Crippen molar-refractivity contribution >= 4 is 29.1 Å². The molecule has 0 atom stereocenters. The molecule has 0 radical (unpaired) electrons. The highest BCUT2D eigenvalue weighted by atomic mass is 35.5. The lowest BCUT2D eigenvalue weighted by Crippen LogP contribution is -2.31. The number of rotatable bonds is 4. The smallest absolute Gasteiger partial charge is 0.350 e. The molecule has 2 heterocycles. The van der Waals surface area contributed by atoms with Crippen LogP contribution in [0, 0.1) is 0 Å². The van der Waals surface area contributed by atoms with Crippen molar-refractivity contribution in [3.8, 4) is 11.4 Å². The normalized spacial score (nSPS) is 11.7. The number of nitrogens with zero attached hydrogens (tertiary/aromatic N) is 3. The third-order valence-electron chi connectivity index (χ3n) is 4.06. The van der Waals surface area contributed by atoms with Crippen molar-refractivity contribution in [1.82, 2.24) is 19.7 Å². The van der Waals surface area contributed by atoms with Crippen LogP contribution in [0.5, 0.6) is 0 Å². The van der Waals surface area contributed by atoms with E-state index in [0.29, 0.717) is 10.4 Å². The monoisotopic (exact) mass is 458 g/mol. The molecule has 0 unspecified atom stereocenters. The Balaban J connectivity index is 2.05. The summed E-state index contributed by atoms with van der Waals surface area (Å²) in [6.45, 7) is 3.28. The first-order valence-corrected chi connectivity index (χ1v) is 9.40. The van der Waals surface area contributed by atoms with Gasteiger partial charge >= 0.3 is 6.18 Å². The Hall–Kier alpha value is -2.78. The average Bonchev–Trinajstić information content (AvgIpc) is 3.12. The zero-order valence-electron chi connectivity index (χ0n) is 15.7. The molecule has 3 rings (SSSR count). The number of hydrogen-bond acceptors (Lipinski definition) is 3. The zero-order chi connectivity index (χ0) is 22.2. The maximum absolute atomic E-state index is 13.7. The van der Waals surface area contributed by atoms with E-state index in [1.54, 1.807) is 13.8 Å². The molecular formula is C19H15Cl2F3N4O2. The Kier molecular flexibility index (Phi) is 5.96. The lowest BCUT2D eigenvalue weighted by atomic mass is 10.2. The second-order valence-electron chi connectivity index (χ2n) is 6.61. The number of aromatic nitrogens is 3. The molecule has 3 aromatic rings. The Bertz CT molecular complexity index is 1150. The van der Waals surface area contributed by atoms with Crippen molar-refractivity contribution < 1.29 is 18.0 Å². The summed E-state index contributed by atoms with van der Waals surface area (Å²) in [5, 5.41) is 6.10. The SMILES string of the molecule is CC(C)NC(=O)c1cnn(-c2ccc(-n3ccc(Cl)c(Cl)c3=O)cc2)c1C(F)(F)F. The van der Waals surface area contributed by atoms with Crippen molar-refractivity contribution in [2.45, 2.75) is 26.1 Å². The third kappa shape index (κ3) is 4.22. The highest BCUT2D eigenvalue weighted by Crippen LogP contribution is 2.34. The van der Waals surface area contributed by atoms with Gasteiger partial charge in [-0.1, -0.05) is 23.2 Å². The summed E-state index contributed by atoms with van der Waals surface area (Å²) in [6.07, 6.45) is -2.55. The molecule has 6 nitrogen and oxygen atoms in total. The first-order chi connectivity index (χ1) is 14.0. The van der Waals surface area contributed by atoms with Gasteiger partial charge in [-0.25, -0.2) is 4.68 Å². The van der Waals surface area contributed by atoms with Crippen molar-refractivity contribution in [2.24, 2.45) is 0 Å². The number of carbonyl (C=O) groups is 1. The maximum atomic E-state index is 13.7. The molecule has 1 N–H and O–H groups in total. The van der Waals surface area contributed by atoms with E-state index < -0.39 is 28.9 Å².